The lowest BCUT2D eigenvalue weighted by Gasteiger charge is -2.06. The monoisotopic (exact) mass is 348 g/mol. The van der Waals surface area contributed by atoms with Crippen molar-refractivity contribution in [3.8, 4) is 10.8 Å². The van der Waals surface area contributed by atoms with Gasteiger partial charge in [0.2, 0.25) is 0 Å². The number of carbonyl (C=O) groups excluding carboxylic acids is 1. The SMILES string of the molecule is COC(=O)c1cc([N+](=O)[O-])c(Oc2c(Cl)cncc2Cl)s1. The molecule has 2 aromatic rings. The number of aromatic nitrogens is 1. The van der Waals surface area contributed by atoms with E-state index in [0.717, 1.165) is 17.4 Å². The van der Waals surface area contributed by atoms with Gasteiger partial charge in [-0.3, -0.25) is 15.1 Å². The molecule has 0 radical (unpaired) electrons. The van der Waals surface area contributed by atoms with Gasteiger partial charge in [-0.15, -0.1) is 0 Å². The highest BCUT2D eigenvalue weighted by molar-refractivity contribution is 7.16. The van der Waals surface area contributed by atoms with Crippen molar-refractivity contribution < 1.29 is 19.2 Å². The van der Waals surface area contributed by atoms with Gasteiger partial charge in [-0.05, 0) is 0 Å². The molecule has 2 rings (SSSR count). The van der Waals surface area contributed by atoms with E-state index in [2.05, 4.69) is 9.72 Å². The molecule has 0 aliphatic heterocycles. The molecule has 10 heteroatoms. The van der Waals surface area contributed by atoms with Gasteiger partial charge >= 0.3 is 11.7 Å². The third-order valence-corrected chi connectivity index (χ3v) is 3.79. The van der Waals surface area contributed by atoms with E-state index in [-0.39, 0.29) is 31.4 Å². The van der Waals surface area contributed by atoms with Crippen molar-refractivity contribution in [3.05, 3.63) is 43.5 Å². The first kappa shape index (κ1) is 15.5. The molecule has 0 fully saturated rings. The van der Waals surface area contributed by atoms with Crippen LogP contribution in [0.15, 0.2) is 18.5 Å². The second-order valence-corrected chi connectivity index (χ2v) is 5.40. The molecule has 0 bridgehead atoms. The summed E-state index contributed by atoms with van der Waals surface area (Å²) in [6.45, 7) is 0. The first-order chi connectivity index (χ1) is 9.93. The Morgan fingerprint density at radius 1 is 1.38 bits per heavy atom. The van der Waals surface area contributed by atoms with Gasteiger partial charge in [0, 0.05) is 18.5 Å². The molecule has 0 unspecified atom stereocenters. The number of pyridine rings is 1. The average Bonchev–Trinajstić information content (AvgIpc) is 2.86. The van der Waals surface area contributed by atoms with E-state index in [1.54, 1.807) is 0 Å². The number of esters is 1. The number of nitro groups is 1. The number of carbonyl (C=O) groups is 1. The van der Waals surface area contributed by atoms with Gasteiger partial charge in [0.25, 0.3) is 5.06 Å². The summed E-state index contributed by atoms with van der Waals surface area (Å²) in [5.41, 5.74) is -0.385. The second-order valence-electron chi connectivity index (χ2n) is 3.57. The number of ether oxygens (including phenoxy) is 2. The van der Waals surface area contributed by atoms with Crippen LogP contribution in [0.5, 0.6) is 10.8 Å². The molecule has 0 N–H and O–H groups in total. The van der Waals surface area contributed by atoms with Crippen LogP contribution in [0.4, 0.5) is 5.69 Å². The summed E-state index contributed by atoms with van der Waals surface area (Å²) in [6, 6.07) is 1.06. The molecule has 2 heterocycles. The van der Waals surface area contributed by atoms with Gasteiger partial charge in [-0.2, -0.15) is 0 Å². The summed E-state index contributed by atoms with van der Waals surface area (Å²) < 4.78 is 9.89. The fourth-order valence-electron chi connectivity index (χ4n) is 1.36. The van der Waals surface area contributed by atoms with Crippen LogP contribution in [-0.4, -0.2) is 23.0 Å². The molecule has 0 saturated carbocycles. The number of thiophene rings is 1. The highest BCUT2D eigenvalue weighted by atomic mass is 35.5. The summed E-state index contributed by atoms with van der Waals surface area (Å²) >= 11 is 12.5. The van der Waals surface area contributed by atoms with Gasteiger partial charge < -0.3 is 9.47 Å². The van der Waals surface area contributed by atoms with Crippen LogP contribution in [0, 0.1) is 10.1 Å². The molecular weight excluding hydrogens is 343 g/mol. The van der Waals surface area contributed by atoms with Crippen molar-refractivity contribution in [1.29, 1.82) is 0 Å². The highest BCUT2D eigenvalue weighted by Crippen LogP contribution is 2.43. The van der Waals surface area contributed by atoms with Crippen LogP contribution in [0.2, 0.25) is 10.0 Å². The lowest BCUT2D eigenvalue weighted by molar-refractivity contribution is -0.385. The molecular formula is C11H6Cl2N2O5S. The maximum atomic E-state index is 11.4. The fraction of sp³-hybridized carbons (Fsp3) is 0.0909. The van der Waals surface area contributed by atoms with Crippen LogP contribution >= 0.6 is 34.5 Å². The van der Waals surface area contributed by atoms with Gasteiger partial charge in [-0.1, -0.05) is 34.5 Å². The zero-order valence-corrected chi connectivity index (χ0v) is 12.7. The molecule has 0 spiro atoms. The largest absolute Gasteiger partial charge is 0.465 e. The van der Waals surface area contributed by atoms with Gasteiger partial charge in [0.15, 0.2) is 5.75 Å². The Labute approximate surface area is 132 Å². The molecule has 7 nitrogen and oxygen atoms in total. The summed E-state index contributed by atoms with van der Waals surface area (Å²) in [4.78, 5) is 25.5. The van der Waals surface area contributed by atoms with Crippen LogP contribution < -0.4 is 4.74 Å². The lowest BCUT2D eigenvalue weighted by Crippen LogP contribution is -1.97. The van der Waals surface area contributed by atoms with E-state index in [9.17, 15) is 14.9 Å². The predicted molar refractivity (Wildman–Crippen MR) is 76.6 cm³/mol. The van der Waals surface area contributed by atoms with Crippen molar-refractivity contribution in [1.82, 2.24) is 4.98 Å². The van der Waals surface area contributed by atoms with E-state index in [1.165, 1.54) is 19.5 Å². The van der Waals surface area contributed by atoms with E-state index in [4.69, 9.17) is 27.9 Å². The molecule has 110 valence electrons. The molecule has 21 heavy (non-hydrogen) atoms. The summed E-state index contributed by atoms with van der Waals surface area (Å²) in [6.07, 6.45) is 2.56. The van der Waals surface area contributed by atoms with Crippen molar-refractivity contribution in [2.45, 2.75) is 0 Å². The number of methoxy groups -OCH3 is 1. The summed E-state index contributed by atoms with van der Waals surface area (Å²) in [5, 5.41) is 11.1. The predicted octanol–water partition coefficient (Wildman–Crippen LogP) is 3.94. The molecule has 0 saturated heterocycles. The maximum absolute atomic E-state index is 11.4. The number of nitrogens with zero attached hydrogens (tertiary/aromatic N) is 2. The van der Waals surface area contributed by atoms with Gasteiger partial charge in [0.05, 0.1) is 12.0 Å². The van der Waals surface area contributed by atoms with E-state index < -0.39 is 10.9 Å². The van der Waals surface area contributed by atoms with E-state index in [1.807, 2.05) is 0 Å². The van der Waals surface area contributed by atoms with Crippen molar-refractivity contribution in [2.24, 2.45) is 0 Å². The standard InChI is InChI=1S/C11H6Cl2N2O5S/c1-19-10(16)8-2-7(15(17)18)11(21-8)20-9-5(12)3-14-4-6(9)13/h2-4H,1H3. The minimum absolute atomic E-state index is 0.0229. The Kier molecular flexibility index (Phi) is 4.61. The third-order valence-electron chi connectivity index (χ3n) is 2.27. The van der Waals surface area contributed by atoms with Crippen LogP contribution in [0.3, 0.4) is 0 Å². The minimum atomic E-state index is -0.704. The lowest BCUT2D eigenvalue weighted by atomic mass is 10.4. The van der Waals surface area contributed by atoms with Crippen LogP contribution in [-0.2, 0) is 4.74 Å². The van der Waals surface area contributed by atoms with Crippen molar-refractivity contribution in [2.75, 3.05) is 7.11 Å². The van der Waals surface area contributed by atoms with Gasteiger partial charge in [-0.25, -0.2) is 4.79 Å². The maximum Gasteiger partial charge on any atom is 0.348 e. The Hall–Kier alpha value is -1.90. The molecule has 0 amide bonds. The zero-order chi connectivity index (χ0) is 15.6. The van der Waals surface area contributed by atoms with Gasteiger partial charge in [0.1, 0.15) is 14.9 Å². The Balaban J connectivity index is 2.46. The average molecular weight is 349 g/mol. The molecule has 0 atom stereocenters. The van der Waals surface area contributed by atoms with Crippen molar-refractivity contribution >= 4 is 46.2 Å². The number of hydrogen-bond acceptors (Lipinski definition) is 7. The summed E-state index contributed by atoms with van der Waals surface area (Å²) in [7, 11) is 1.17. The molecule has 0 aliphatic rings. The normalized spacial score (nSPS) is 10.2. The zero-order valence-electron chi connectivity index (χ0n) is 10.3. The number of hydrogen-bond donors (Lipinski definition) is 0. The topological polar surface area (TPSA) is 91.6 Å². The quantitative estimate of drug-likeness (QED) is 0.472. The summed E-state index contributed by atoms with van der Waals surface area (Å²) in [5.74, 6) is -0.681. The molecule has 0 aliphatic carbocycles. The number of halogens is 2. The minimum Gasteiger partial charge on any atom is -0.465 e. The Bertz CT molecular complexity index is 698. The smallest absolute Gasteiger partial charge is 0.348 e. The second kappa shape index (κ2) is 6.25. The van der Waals surface area contributed by atoms with Crippen molar-refractivity contribution in [3.63, 3.8) is 0 Å². The van der Waals surface area contributed by atoms with Crippen LogP contribution in [0.1, 0.15) is 9.67 Å². The first-order valence-electron chi connectivity index (χ1n) is 5.27. The molecule has 2 aromatic heterocycles. The highest BCUT2D eigenvalue weighted by Gasteiger charge is 2.26. The van der Waals surface area contributed by atoms with Crippen LogP contribution in [0.25, 0.3) is 0 Å². The Morgan fingerprint density at radius 2 is 2.00 bits per heavy atom. The molecule has 0 aromatic carbocycles. The van der Waals surface area contributed by atoms with E-state index >= 15 is 0 Å². The number of rotatable bonds is 4. The fourth-order valence-corrected chi connectivity index (χ4v) is 2.70. The first-order valence-corrected chi connectivity index (χ1v) is 6.84. The Morgan fingerprint density at radius 3 is 2.52 bits per heavy atom. The van der Waals surface area contributed by atoms with E-state index in [0.29, 0.717) is 0 Å². The third kappa shape index (κ3) is 3.23.